The maximum absolute atomic E-state index is 12.0. The van der Waals surface area contributed by atoms with E-state index >= 15 is 0 Å². The molecule has 1 heterocycles. The van der Waals surface area contributed by atoms with Gasteiger partial charge in [-0.2, -0.15) is 0 Å². The van der Waals surface area contributed by atoms with Gasteiger partial charge in [-0.1, -0.05) is 17.9 Å². The number of rotatable bonds is 7. The second-order valence-corrected chi connectivity index (χ2v) is 6.50. The van der Waals surface area contributed by atoms with Gasteiger partial charge in [0.1, 0.15) is 12.4 Å². The number of ether oxygens (including phenoxy) is 1. The molecule has 0 radical (unpaired) electrons. The molecule has 1 aromatic carbocycles. The molecule has 1 aromatic heterocycles. The Morgan fingerprint density at radius 3 is 2.57 bits per heavy atom. The lowest BCUT2D eigenvalue weighted by Gasteiger charge is -2.10. The van der Waals surface area contributed by atoms with Crippen LogP contribution in [0.4, 0.5) is 0 Å². The van der Waals surface area contributed by atoms with E-state index in [1.165, 1.54) is 4.57 Å². The normalized spacial score (nSPS) is 10.5. The molecular formula is C17H19NO4S. The van der Waals surface area contributed by atoms with Gasteiger partial charge in [-0.15, -0.1) is 0 Å². The highest BCUT2D eigenvalue weighted by Gasteiger charge is 2.14. The summed E-state index contributed by atoms with van der Waals surface area (Å²) in [5.41, 5.74) is 2.58. The molecule has 0 amide bonds. The van der Waals surface area contributed by atoms with Crippen LogP contribution < -0.4 is 9.61 Å². The molecule has 0 unspecified atom stereocenters. The van der Waals surface area contributed by atoms with Gasteiger partial charge in [0, 0.05) is 11.4 Å². The minimum atomic E-state index is -0.921. The molecule has 0 aliphatic carbocycles. The molecule has 1 N–H and O–H groups in total. The topological polar surface area (TPSA) is 68.5 Å². The fourth-order valence-electron chi connectivity index (χ4n) is 2.20. The Morgan fingerprint density at radius 1 is 1.35 bits per heavy atom. The van der Waals surface area contributed by atoms with Crippen LogP contribution in [0, 0.1) is 6.92 Å². The van der Waals surface area contributed by atoms with E-state index in [4.69, 9.17) is 9.84 Å². The molecule has 0 bridgehead atoms. The number of nitrogens with zero attached hydrogens (tertiary/aromatic N) is 1. The Balaban J connectivity index is 2.29. The van der Waals surface area contributed by atoms with Crippen molar-refractivity contribution in [1.29, 1.82) is 0 Å². The maximum atomic E-state index is 12.0. The number of carboxylic acid groups (broad SMARTS) is 1. The molecule has 0 aliphatic rings. The van der Waals surface area contributed by atoms with Gasteiger partial charge >= 0.3 is 10.8 Å². The van der Waals surface area contributed by atoms with E-state index in [9.17, 15) is 9.59 Å². The predicted molar refractivity (Wildman–Crippen MR) is 91.3 cm³/mol. The molecule has 0 atom stereocenters. The van der Waals surface area contributed by atoms with Crippen LogP contribution in [0.1, 0.15) is 18.2 Å². The maximum Gasteiger partial charge on any atom is 0.307 e. The van der Waals surface area contributed by atoms with E-state index in [0.29, 0.717) is 6.61 Å². The van der Waals surface area contributed by atoms with Crippen LogP contribution in [0.3, 0.4) is 0 Å². The summed E-state index contributed by atoms with van der Waals surface area (Å²) in [7, 11) is 0. The van der Waals surface area contributed by atoms with Crippen LogP contribution >= 0.6 is 11.3 Å². The fourth-order valence-corrected chi connectivity index (χ4v) is 3.08. The number of carboxylic acids is 1. The van der Waals surface area contributed by atoms with Crippen molar-refractivity contribution in [3.05, 3.63) is 51.0 Å². The third kappa shape index (κ3) is 4.32. The summed E-state index contributed by atoms with van der Waals surface area (Å²) in [6.07, 6.45) is -0.0805. The molecule has 0 saturated carbocycles. The van der Waals surface area contributed by atoms with Crippen molar-refractivity contribution in [1.82, 2.24) is 4.57 Å². The molecule has 0 fully saturated rings. The van der Waals surface area contributed by atoms with Gasteiger partial charge in [-0.25, -0.2) is 0 Å². The van der Waals surface area contributed by atoms with Gasteiger partial charge in [0.05, 0.1) is 12.1 Å². The van der Waals surface area contributed by atoms with Crippen molar-refractivity contribution >= 4 is 17.3 Å². The SMILES string of the molecule is C=C(C)COc1ccc(-c2c(C)sc(=O)n2CCC(=O)O)cc1. The quantitative estimate of drug-likeness (QED) is 0.789. The summed E-state index contributed by atoms with van der Waals surface area (Å²) in [6.45, 7) is 8.17. The zero-order chi connectivity index (χ0) is 17.0. The van der Waals surface area contributed by atoms with Crippen molar-refractivity contribution in [3.63, 3.8) is 0 Å². The molecular weight excluding hydrogens is 314 g/mol. The van der Waals surface area contributed by atoms with Gasteiger partial charge < -0.3 is 9.84 Å². The van der Waals surface area contributed by atoms with Gasteiger partial charge in [0.2, 0.25) is 0 Å². The highest BCUT2D eigenvalue weighted by molar-refractivity contribution is 7.09. The monoisotopic (exact) mass is 333 g/mol. The summed E-state index contributed by atoms with van der Waals surface area (Å²) in [6, 6.07) is 7.42. The molecule has 5 nitrogen and oxygen atoms in total. The second kappa shape index (κ2) is 7.28. The number of aromatic nitrogens is 1. The lowest BCUT2D eigenvalue weighted by molar-refractivity contribution is -0.137. The van der Waals surface area contributed by atoms with Gasteiger partial charge in [-0.05, 0) is 49.2 Å². The van der Waals surface area contributed by atoms with E-state index < -0.39 is 5.97 Å². The van der Waals surface area contributed by atoms with Gasteiger partial charge in [0.25, 0.3) is 0 Å². The number of benzene rings is 1. The van der Waals surface area contributed by atoms with Crippen molar-refractivity contribution in [3.8, 4) is 17.0 Å². The zero-order valence-corrected chi connectivity index (χ0v) is 14.0. The first-order chi connectivity index (χ1) is 10.9. The first kappa shape index (κ1) is 17.0. The predicted octanol–water partition coefficient (Wildman–Crippen LogP) is 3.31. The Hall–Kier alpha value is -2.34. The Labute approximate surface area is 138 Å². The van der Waals surface area contributed by atoms with Crippen LogP contribution in [0.5, 0.6) is 5.75 Å². The fraction of sp³-hybridized carbons (Fsp3) is 0.294. The number of aryl methyl sites for hydroxylation is 1. The van der Waals surface area contributed by atoms with Crippen LogP contribution in [0.25, 0.3) is 11.3 Å². The zero-order valence-electron chi connectivity index (χ0n) is 13.2. The second-order valence-electron chi connectivity index (χ2n) is 5.34. The summed E-state index contributed by atoms with van der Waals surface area (Å²) < 4.78 is 7.09. The minimum Gasteiger partial charge on any atom is -0.489 e. The van der Waals surface area contributed by atoms with E-state index in [2.05, 4.69) is 6.58 Å². The summed E-state index contributed by atoms with van der Waals surface area (Å²) in [5, 5.41) is 8.84. The molecule has 0 spiro atoms. The van der Waals surface area contributed by atoms with Crippen molar-refractivity contribution in [2.24, 2.45) is 0 Å². The molecule has 0 aliphatic heterocycles. The minimum absolute atomic E-state index is 0.0805. The molecule has 0 saturated heterocycles. The van der Waals surface area contributed by atoms with Crippen molar-refractivity contribution in [2.75, 3.05) is 6.61 Å². The van der Waals surface area contributed by atoms with Crippen LogP contribution in [-0.4, -0.2) is 22.2 Å². The Morgan fingerprint density at radius 2 is 2.00 bits per heavy atom. The van der Waals surface area contributed by atoms with E-state index in [0.717, 1.165) is 38.8 Å². The van der Waals surface area contributed by atoms with Crippen LogP contribution in [0.2, 0.25) is 0 Å². The van der Waals surface area contributed by atoms with Crippen molar-refractivity contribution < 1.29 is 14.6 Å². The number of hydrogen-bond donors (Lipinski definition) is 1. The highest BCUT2D eigenvalue weighted by atomic mass is 32.1. The third-order valence-electron chi connectivity index (χ3n) is 3.23. The number of thiazole rings is 1. The van der Waals surface area contributed by atoms with Crippen LogP contribution in [0.15, 0.2) is 41.2 Å². The van der Waals surface area contributed by atoms with E-state index in [-0.39, 0.29) is 17.8 Å². The number of hydrogen-bond acceptors (Lipinski definition) is 4. The smallest absolute Gasteiger partial charge is 0.307 e. The number of carbonyl (C=O) groups is 1. The van der Waals surface area contributed by atoms with E-state index in [1.807, 2.05) is 38.1 Å². The molecule has 2 rings (SSSR count). The molecule has 2 aromatic rings. The third-order valence-corrected chi connectivity index (χ3v) is 4.12. The largest absolute Gasteiger partial charge is 0.489 e. The Bertz CT molecular complexity index is 771. The molecule has 23 heavy (non-hydrogen) atoms. The van der Waals surface area contributed by atoms with Gasteiger partial charge in [0.15, 0.2) is 0 Å². The molecule has 6 heteroatoms. The number of aliphatic carboxylic acids is 1. The molecule has 122 valence electrons. The van der Waals surface area contributed by atoms with Gasteiger partial charge in [-0.3, -0.25) is 14.2 Å². The first-order valence-electron chi connectivity index (χ1n) is 7.18. The highest BCUT2D eigenvalue weighted by Crippen LogP contribution is 2.27. The van der Waals surface area contributed by atoms with Crippen molar-refractivity contribution in [2.45, 2.75) is 26.8 Å². The lowest BCUT2D eigenvalue weighted by Crippen LogP contribution is -2.16. The summed E-state index contributed by atoms with van der Waals surface area (Å²) in [5.74, 6) is -0.195. The van der Waals surface area contributed by atoms with Crippen LogP contribution in [-0.2, 0) is 11.3 Å². The summed E-state index contributed by atoms with van der Waals surface area (Å²) in [4.78, 5) is 23.6. The average molecular weight is 333 g/mol. The van der Waals surface area contributed by atoms with E-state index in [1.54, 1.807) is 0 Å². The Kier molecular flexibility index (Phi) is 5.39. The average Bonchev–Trinajstić information content (AvgIpc) is 2.77. The lowest BCUT2D eigenvalue weighted by atomic mass is 10.1. The summed E-state index contributed by atoms with van der Waals surface area (Å²) >= 11 is 1.13. The first-order valence-corrected chi connectivity index (χ1v) is 7.99. The standard InChI is InChI=1S/C17H19NO4S/c1-11(2)10-22-14-6-4-13(5-7-14)16-12(3)23-17(21)18(16)9-8-15(19)20/h4-7H,1,8-10H2,2-3H3,(H,19,20).